The normalized spacial score (nSPS) is 35.5. The first-order valence-corrected chi connectivity index (χ1v) is 9.04. The monoisotopic (exact) mass is 339 g/mol. The Bertz CT molecular complexity index is 781. The Labute approximate surface area is 146 Å². The van der Waals surface area contributed by atoms with E-state index < -0.39 is 0 Å². The van der Waals surface area contributed by atoms with E-state index in [0.29, 0.717) is 6.54 Å². The van der Waals surface area contributed by atoms with E-state index in [-0.39, 0.29) is 54.0 Å². The van der Waals surface area contributed by atoms with E-state index in [4.69, 9.17) is 0 Å². The minimum Gasteiger partial charge on any atom is -0.348 e. The molecule has 1 saturated heterocycles. The van der Waals surface area contributed by atoms with Crippen LogP contribution in [0.1, 0.15) is 25.1 Å². The van der Waals surface area contributed by atoms with Crippen molar-refractivity contribution in [3.05, 3.63) is 36.2 Å². The summed E-state index contributed by atoms with van der Waals surface area (Å²) in [6, 6.07) is 3.96. The third kappa shape index (κ3) is 1.94. The van der Waals surface area contributed by atoms with Gasteiger partial charge in [0.1, 0.15) is 6.54 Å². The van der Waals surface area contributed by atoms with Crippen molar-refractivity contribution < 1.29 is 14.4 Å². The Morgan fingerprint density at radius 1 is 1.12 bits per heavy atom. The first-order valence-electron chi connectivity index (χ1n) is 9.04. The van der Waals surface area contributed by atoms with Gasteiger partial charge in [0.25, 0.3) is 0 Å². The van der Waals surface area contributed by atoms with Gasteiger partial charge in [0.2, 0.25) is 17.7 Å². The van der Waals surface area contributed by atoms with Crippen molar-refractivity contribution in [2.24, 2.45) is 23.7 Å². The highest BCUT2D eigenvalue weighted by Gasteiger charge is 2.59. The van der Waals surface area contributed by atoms with Crippen molar-refractivity contribution in [1.82, 2.24) is 14.4 Å². The van der Waals surface area contributed by atoms with Crippen LogP contribution >= 0.6 is 0 Å². The molecule has 2 fully saturated rings. The molecule has 2 bridgehead atoms. The quantitative estimate of drug-likeness (QED) is 0.601. The van der Waals surface area contributed by atoms with E-state index in [1.807, 2.05) is 25.3 Å². The van der Waals surface area contributed by atoms with Crippen LogP contribution < -0.4 is 0 Å². The van der Waals surface area contributed by atoms with Gasteiger partial charge in [-0.1, -0.05) is 12.2 Å². The maximum atomic E-state index is 12.8. The molecule has 1 aromatic heterocycles. The summed E-state index contributed by atoms with van der Waals surface area (Å²) in [4.78, 5) is 41.3. The maximum Gasteiger partial charge on any atom is 0.243 e. The minimum absolute atomic E-state index is 0.0404. The summed E-state index contributed by atoms with van der Waals surface area (Å²) >= 11 is 0. The fourth-order valence-corrected chi connectivity index (χ4v) is 5.27. The second kappa shape index (κ2) is 5.07. The van der Waals surface area contributed by atoms with Gasteiger partial charge in [-0.15, -0.1) is 0 Å². The Kier molecular flexibility index (Phi) is 3.03. The Hall–Kier alpha value is -2.37. The predicted molar refractivity (Wildman–Crippen MR) is 89.0 cm³/mol. The van der Waals surface area contributed by atoms with Gasteiger partial charge < -0.3 is 9.47 Å². The van der Waals surface area contributed by atoms with Gasteiger partial charge in [-0.05, 0) is 37.3 Å². The molecule has 0 aromatic carbocycles. The lowest BCUT2D eigenvalue weighted by Crippen LogP contribution is -2.47. The number of hydrogen-bond donors (Lipinski definition) is 0. The van der Waals surface area contributed by atoms with Crippen molar-refractivity contribution in [3.8, 4) is 0 Å². The molecule has 0 radical (unpaired) electrons. The Morgan fingerprint density at radius 3 is 2.48 bits per heavy atom. The topological polar surface area (TPSA) is 62.6 Å². The zero-order valence-corrected chi connectivity index (χ0v) is 14.2. The van der Waals surface area contributed by atoms with Crippen molar-refractivity contribution in [1.29, 1.82) is 0 Å². The number of imide groups is 1. The van der Waals surface area contributed by atoms with E-state index in [1.54, 1.807) is 4.90 Å². The molecule has 3 heterocycles. The summed E-state index contributed by atoms with van der Waals surface area (Å²) in [6.45, 7) is 3.24. The first kappa shape index (κ1) is 14.9. The van der Waals surface area contributed by atoms with Crippen LogP contribution in [0.2, 0.25) is 0 Å². The molecule has 1 aromatic rings. The molecular weight excluding hydrogens is 318 g/mol. The lowest BCUT2D eigenvalue weighted by molar-refractivity contribution is -0.148. The van der Waals surface area contributed by atoms with Gasteiger partial charge in [-0.25, -0.2) is 0 Å². The summed E-state index contributed by atoms with van der Waals surface area (Å²) in [7, 11) is 0. The van der Waals surface area contributed by atoms with Crippen LogP contribution in [0.15, 0.2) is 30.5 Å². The molecule has 130 valence electrons. The van der Waals surface area contributed by atoms with Crippen LogP contribution in [0.4, 0.5) is 0 Å². The van der Waals surface area contributed by atoms with E-state index in [0.717, 1.165) is 18.7 Å². The number of allylic oxidation sites excluding steroid dienone is 2. The van der Waals surface area contributed by atoms with Gasteiger partial charge >= 0.3 is 0 Å². The van der Waals surface area contributed by atoms with Crippen LogP contribution in [0, 0.1) is 23.7 Å². The molecule has 4 aliphatic rings. The lowest BCUT2D eigenvalue weighted by atomic mass is 9.85. The van der Waals surface area contributed by atoms with E-state index in [9.17, 15) is 14.4 Å². The molecular formula is C19H21N3O3. The van der Waals surface area contributed by atoms with Gasteiger partial charge in [-0.2, -0.15) is 0 Å². The van der Waals surface area contributed by atoms with Crippen molar-refractivity contribution in [2.75, 3.05) is 13.1 Å². The van der Waals surface area contributed by atoms with E-state index in [1.165, 1.54) is 4.90 Å². The fourth-order valence-electron chi connectivity index (χ4n) is 5.27. The molecule has 2 aliphatic carbocycles. The summed E-state index contributed by atoms with van der Waals surface area (Å²) in [6.07, 6.45) is 7.08. The maximum absolute atomic E-state index is 12.8. The molecule has 3 amide bonds. The van der Waals surface area contributed by atoms with E-state index >= 15 is 0 Å². The largest absolute Gasteiger partial charge is 0.348 e. The SMILES string of the molecule is C[C@@H]1c2cccn2CCN1C(=O)CN1C(=O)[C@H]2[C@H](C1=O)[C@H]1C=C[C@H]2C1. The van der Waals surface area contributed by atoms with Gasteiger partial charge in [-0.3, -0.25) is 19.3 Å². The number of amides is 3. The molecule has 0 N–H and O–H groups in total. The third-order valence-corrected chi connectivity index (χ3v) is 6.52. The van der Waals surface area contributed by atoms with Crippen molar-refractivity contribution in [2.45, 2.75) is 25.9 Å². The zero-order valence-electron chi connectivity index (χ0n) is 14.2. The molecule has 6 nitrogen and oxygen atoms in total. The van der Waals surface area contributed by atoms with Crippen LogP contribution in [-0.2, 0) is 20.9 Å². The highest BCUT2D eigenvalue weighted by atomic mass is 16.2. The second-order valence-electron chi connectivity index (χ2n) is 7.65. The fraction of sp³-hybridized carbons (Fsp3) is 0.526. The van der Waals surface area contributed by atoms with E-state index in [2.05, 4.69) is 16.7 Å². The van der Waals surface area contributed by atoms with Gasteiger partial charge in [0.05, 0.1) is 17.9 Å². The lowest BCUT2D eigenvalue weighted by Gasteiger charge is -2.35. The molecule has 0 unspecified atom stereocenters. The van der Waals surface area contributed by atoms with Gasteiger partial charge in [0, 0.05) is 25.0 Å². The number of carbonyl (C=O) groups is 3. The molecule has 5 atom stereocenters. The number of fused-ring (bicyclic) bond motifs is 6. The highest BCUT2D eigenvalue weighted by Crippen LogP contribution is 2.52. The Balaban J connectivity index is 1.34. The standard InChI is InChI=1S/C19H21N3O3/c1-11-14-3-2-6-20(14)7-8-21(11)15(23)10-22-18(24)16-12-4-5-13(9-12)17(16)19(22)25/h2-6,11-13,16-17H,7-10H2,1H3/t11-,12+,13+,16-,17-/m1/s1. The smallest absolute Gasteiger partial charge is 0.243 e. The van der Waals surface area contributed by atoms with Crippen molar-refractivity contribution >= 4 is 17.7 Å². The molecule has 5 rings (SSSR count). The summed E-state index contributed by atoms with van der Waals surface area (Å²) < 4.78 is 2.15. The number of nitrogens with zero attached hydrogens (tertiary/aromatic N) is 3. The molecule has 2 aliphatic heterocycles. The minimum atomic E-state index is -0.230. The van der Waals surface area contributed by atoms with Crippen LogP contribution in [0.3, 0.4) is 0 Å². The van der Waals surface area contributed by atoms with Crippen LogP contribution in [-0.4, -0.2) is 45.2 Å². The van der Waals surface area contributed by atoms with Crippen LogP contribution in [0.5, 0.6) is 0 Å². The molecule has 0 spiro atoms. The molecule has 25 heavy (non-hydrogen) atoms. The average Bonchev–Trinajstić information content (AvgIpc) is 3.35. The number of likely N-dealkylation sites (tertiary alicyclic amines) is 1. The molecule has 1 saturated carbocycles. The number of rotatable bonds is 2. The van der Waals surface area contributed by atoms with Crippen LogP contribution in [0.25, 0.3) is 0 Å². The number of hydrogen-bond acceptors (Lipinski definition) is 3. The summed E-state index contributed by atoms with van der Waals surface area (Å²) in [5.41, 5.74) is 1.10. The number of aromatic nitrogens is 1. The zero-order chi connectivity index (χ0) is 17.3. The predicted octanol–water partition coefficient (Wildman–Crippen LogP) is 1.20. The summed E-state index contributed by atoms with van der Waals surface area (Å²) in [5, 5.41) is 0. The average molecular weight is 339 g/mol. The second-order valence-corrected chi connectivity index (χ2v) is 7.65. The highest BCUT2D eigenvalue weighted by molar-refractivity contribution is 6.08. The summed E-state index contributed by atoms with van der Waals surface area (Å²) in [5.74, 6) is -0.520. The first-order chi connectivity index (χ1) is 12.1. The third-order valence-electron chi connectivity index (χ3n) is 6.52. The number of carbonyl (C=O) groups excluding carboxylic acids is 3. The Morgan fingerprint density at radius 2 is 1.80 bits per heavy atom. The van der Waals surface area contributed by atoms with Gasteiger partial charge in [0.15, 0.2) is 0 Å². The van der Waals surface area contributed by atoms with Crippen molar-refractivity contribution in [3.63, 3.8) is 0 Å². The molecule has 6 heteroatoms.